The average molecular weight is 126 g/mol. The molecule has 9 heavy (non-hydrogen) atoms. The summed E-state index contributed by atoms with van der Waals surface area (Å²) in [5.41, 5.74) is 0. The van der Waals surface area contributed by atoms with Crippen LogP contribution in [0.1, 0.15) is 6.92 Å². The number of amides is 1. The molecule has 0 fully saturated rings. The van der Waals surface area contributed by atoms with E-state index >= 15 is 0 Å². The summed E-state index contributed by atoms with van der Waals surface area (Å²) >= 11 is 0. The molecule has 1 heterocycles. The predicted octanol–water partition coefficient (Wildman–Crippen LogP) is -0.0907. The maximum atomic E-state index is 10.8. The van der Waals surface area contributed by atoms with Crippen LogP contribution in [0.25, 0.3) is 0 Å². The molecule has 0 spiro atoms. The Kier molecular flexibility index (Phi) is 1.72. The molecule has 0 atom stereocenters. The summed E-state index contributed by atoms with van der Waals surface area (Å²) in [6.45, 7) is 3.38. The highest BCUT2D eigenvalue weighted by Gasteiger charge is 2.08. The van der Waals surface area contributed by atoms with Crippen molar-refractivity contribution in [2.45, 2.75) is 6.92 Å². The first-order chi connectivity index (χ1) is 4.34. The molecule has 0 aromatic rings. The Labute approximate surface area is 54.3 Å². The lowest BCUT2D eigenvalue weighted by atomic mass is 10.4. The molecule has 1 aliphatic rings. The molecule has 0 radical (unpaired) electrons. The minimum absolute atomic E-state index is 0.0938. The second kappa shape index (κ2) is 2.53. The summed E-state index contributed by atoms with van der Waals surface area (Å²) in [5, 5.41) is 2.94. The van der Waals surface area contributed by atoms with Gasteiger partial charge in [0.15, 0.2) is 0 Å². The molecule has 1 N–H and O–H groups in total. The molecule has 0 saturated heterocycles. The normalized spacial score (nSPS) is 17.9. The Morgan fingerprint density at radius 1 is 1.89 bits per heavy atom. The van der Waals surface area contributed by atoms with E-state index in [-0.39, 0.29) is 5.91 Å². The molecular weight excluding hydrogens is 116 g/mol. The van der Waals surface area contributed by atoms with Crippen LogP contribution in [0.4, 0.5) is 0 Å². The van der Waals surface area contributed by atoms with E-state index in [2.05, 4.69) is 5.32 Å². The molecule has 0 aromatic carbocycles. The Morgan fingerprint density at radius 3 is 3.11 bits per heavy atom. The standard InChI is InChI=1S/C6H10N2O/c1-2-8-5-7-4-3-6(8)9/h3-4,7H,2,5H2,1H3. The van der Waals surface area contributed by atoms with Gasteiger partial charge in [0.1, 0.15) is 0 Å². The molecule has 0 unspecified atom stereocenters. The molecule has 1 amide bonds. The van der Waals surface area contributed by atoms with Gasteiger partial charge in [-0.1, -0.05) is 0 Å². The van der Waals surface area contributed by atoms with Crippen LogP contribution in [0.2, 0.25) is 0 Å². The zero-order valence-corrected chi connectivity index (χ0v) is 5.42. The number of nitrogens with one attached hydrogen (secondary N) is 1. The number of hydrogen-bond donors (Lipinski definition) is 1. The quantitative estimate of drug-likeness (QED) is 0.532. The van der Waals surface area contributed by atoms with Crippen molar-refractivity contribution in [2.24, 2.45) is 0 Å². The Morgan fingerprint density at radius 2 is 2.67 bits per heavy atom. The van der Waals surface area contributed by atoms with Crippen molar-refractivity contribution >= 4 is 5.91 Å². The summed E-state index contributed by atoms with van der Waals surface area (Å²) in [6, 6.07) is 0. The lowest BCUT2D eigenvalue weighted by Gasteiger charge is -2.21. The van der Waals surface area contributed by atoms with Crippen molar-refractivity contribution in [3.63, 3.8) is 0 Å². The number of carbonyl (C=O) groups is 1. The molecule has 0 aromatic heterocycles. The van der Waals surface area contributed by atoms with Gasteiger partial charge in [-0.2, -0.15) is 0 Å². The van der Waals surface area contributed by atoms with E-state index in [1.165, 1.54) is 6.08 Å². The summed E-state index contributed by atoms with van der Waals surface area (Å²) in [5.74, 6) is 0.0938. The van der Waals surface area contributed by atoms with Gasteiger partial charge < -0.3 is 10.2 Å². The molecule has 50 valence electrons. The summed E-state index contributed by atoms with van der Waals surface area (Å²) in [7, 11) is 0. The minimum atomic E-state index is 0.0938. The van der Waals surface area contributed by atoms with E-state index in [0.29, 0.717) is 6.67 Å². The van der Waals surface area contributed by atoms with E-state index in [0.717, 1.165) is 6.54 Å². The van der Waals surface area contributed by atoms with Gasteiger partial charge in [0, 0.05) is 18.8 Å². The van der Waals surface area contributed by atoms with Crippen molar-refractivity contribution < 1.29 is 4.79 Å². The molecular formula is C6H10N2O. The second-order valence-corrected chi connectivity index (χ2v) is 1.89. The molecule has 3 heteroatoms. The minimum Gasteiger partial charge on any atom is -0.373 e. The lowest BCUT2D eigenvalue weighted by molar-refractivity contribution is -0.126. The highest BCUT2D eigenvalue weighted by molar-refractivity contribution is 5.88. The van der Waals surface area contributed by atoms with Gasteiger partial charge in [0.05, 0.1) is 6.67 Å². The summed E-state index contributed by atoms with van der Waals surface area (Å²) in [4.78, 5) is 12.5. The van der Waals surface area contributed by atoms with Gasteiger partial charge in [-0.15, -0.1) is 0 Å². The number of nitrogens with zero attached hydrogens (tertiary/aromatic N) is 1. The van der Waals surface area contributed by atoms with Crippen LogP contribution in [-0.2, 0) is 4.79 Å². The van der Waals surface area contributed by atoms with Crippen LogP contribution >= 0.6 is 0 Å². The largest absolute Gasteiger partial charge is 0.373 e. The van der Waals surface area contributed by atoms with Crippen molar-refractivity contribution in [3.05, 3.63) is 12.3 Å². The average Bonchev–Trinajstić information content (AvgIpc) is 1.89. The van der Waals surface area contributed by atoms with Gasteiger partial charge in [-0.3, -0.25) is 4.79 Å². The number of carbonyl (C=O) groups excluding carboxylic acids is 1. The third kappa shape index (κ3) is 1.22. The SMILES string of the molecule is CCN1CNC=CC1=O. The summed E-state index contributed by atoms with van der Waals surface area (Å²) in [6.07, 6.45) is 3.21. The first-order valence-electron chi connectivity index (χ1n) is 3.03. The first kappa shape index (κ1) is 6.13. The topological polar surface area (TPSA) is 32.3 Å². The van der Waals surface area contributed by atoms with Crippen LogP contribution in [0.3, 0.4) is 0 Å². The molecule has 0 bridgehead atoms. The van der Waals surface area contributed by atoms with Crippen LogP contribution < -0.4 is 5.32 Å². The third-order valence-corrected chi connectivity index (χ3v) is 1.32. The number of hydrogen-bond acceptors (Lipinski definition) is 2. The molecule has 0 saturated carbocycles. The van der Waals surface area contributed by atoms with E-state index in [1.54, 1.807) is 11.1 Å². The van der Waals surface area contributed by atoms with Gasteiger partial charge in [-0.25, -0.2) is 0 Å². The van der Waals surface area contributed by atoms with Gasteiger partial charge in [0.25, 0.3) is 0 Å². The zero-order valence-electron chi connectivity index (χ0n) is 5.42. The highest BCUT2D eigenvalue weighted by Crippen LogP contribution is 1.92. The van der Waals surface area contributed by atoms with Crippen LogP contribution in [0.15, 0.2) is 12.3 Å². The monoisotopic (exact) mass is 126 g/mol. The smallest absolute Gasteiger partial charge is 0.249 e. The molecule has 1 aliphatic heterocycles. The van der Waals surface area contributed by atoms with Crippen LogP contribution in [0, 0.1) is 0 Å². The third-order valence-electron chi connectivity index (χ3n) is 1.32. The maximum absolute atomic E-state index is 10.8. The van der Waals surface area contributed by atoms with Crippen molar-refractivity contribution in [1.82, 2.24) is 10.2 Å². The Balaban J connectivity index is 2.55. The maximum Gasteiger partial charge on any atom is 0.249 e. The van der Waals surface area contributed by atoms with Crippen LogP contribution in [0.5, 0.6) is 0 Å². The van der Waals surface area contributed by atoms with Crippen molar-refractivity contribution in [1.29, 1.82) is 0 Å². The summed E-state index contributed by atoms with van der Waals surface area (Å²) < 4.78 is 0. The van der Waals surface area contributed by atoms with E-state index in [9.17, 15) is 4.79 Å². The Bertz CT molecular complexity index is 142. The van der Waals surface area contributed by atoms with Crippen LogP contribution in [-0.4, -0.2) is 24.0 Å². The van der Waals surface area contributed by atoms with E-state index < -0.39 is 0 Å². The van der Waals surface area contributed by atoms with E-state index in [4.69, 9.17) is 0 Å². The fourth-order valence-electron chi connectivity index (χ4n) is 0.744. The molecule has 0 aliphatic carbocycles. The van der Waals surface area contributed by atoms with Gasteiger partial charge >= 0.3 is 0 Å². The molecule has 3 nitrogen and oxygen atoms in total. The van der Waals surface area contributed by atoms with E-state index in [1.807, 2.05) is 6.92 Å². The zero-order chi connectivity index (χ0) is 6.69. The fraction of sp³-hybridized carbons (Fsp3) is 0.500. The Hall–Kier alpha value is -0.990. The van der Waals surface area contributed by atoms with Gasteiger partial charge in [0.2, 0.25) is 5.91 Å². The highest BCUT2D eigenvalue weighted by atomic mass is 16.2. The number of likely N-dealkylation sites (N-methyl/N-ethyl adjacent to an activating group) is 1. The predicted molar refractivity (Wildman–Crippen MR) is 34.5 cm³/mol. The van der Waals surface area contributed by atoms with Gasteiger partial charge in [-0.05, 0) is 6.92 Å². The first-order valence-corrected chi connectivity index (χ1v) is 3.03. The van der Waals surface area contributed by atoms with Crippen molar-refractivity contribution in [2.75, 3.05) is 13.2 Å². The second-order valence-electron chi connectivity index (χ2n) is 1.89. The fourth-order valence-corrected chi connectivity index (χ4v) is 0.744. The lowest BCUT2D eigenvalue weighted by Crippen LogP contribution is -2.39. The molecule has 1 rings (SSSR count). The van der Waals surface area contributed by atoms with Crippen molar-refractivity contribution in [3.8, 4) is 0 Å². The number of rotatable bonds is 1.